The van der Waals surface area contributed by atoms with Crippen LogP contribution in [0.25, 0.3) is 10.9 Å². The highest BCUT2D eigenvalue weighted by Gasteiger charge is 2.08. The van der Waals surface area contributed by atoms with Crippen molar-refractivity contribution in [2.45, 2.75) is 13.5 Å². The zero-order chi connectivity index (χ0) is 10.1. The number of aryl methyl sites for hydroxylation is 1. The summed E-state index contributed by atoms with van der Waals surface area (Å²) in [6, 6.07) is 7.52. The first kappa shape index (κ1) is 9.28. The van der Waals surface area contributed by atoms with E-state index in [0.717, 1.165) is 23.7 Å². The number of aldehydes is 1. The standard InChI is InChI=1S/C11H10ClNO/c1-2-13-8(7-14)6-9-10(12)4-3-5-11(9)13/h3-7H,2H2,1H3. The first-order chi connectivity index (χ1) is 6.77. The van der Waals surface area contributed by atoms with Crippen LogP contribution in [0.5, 0.6) is 0 Å². The maximum Gasteiger partial charge on any atom is 0.166 e. The number of benzene rings is 1. The van der Waals surface area contributed by atoms with Crippen molar-refractivity contribution < 1.29 is 4.79 Å². The van der Waals surface area contributed by atoms with Gasteiger partial charge in [-0.3, -0.25) is 4.79 Å². The van der Waals surface area contributed by atoms with Crippen LogP contribution in [0.3, 0.4) is 0 Å². The molecule has 0 bridgehead atoms. The van der Waals surface area contributed by atoms with E-state index >= 15 is 0 Å². The number of fused-ring (bicyclic) bond motifs is 1. The normalized spacial score (nSPS) is 10.7. The van der Waals surface area contributed by atoms with Gasteiger partial charge in [-0.05, 0) is 25.1 Å². The number of hydrogen-bond donors (Lipinski definition) is 0. The Labute approximate surface area is 87.1 Å². The Bertz CT molecular complexity index is 487. The molecule has 0 spiro atoms. The number of nitrogens with zero attached hydrogens (tertiary/aromatic N) is 1. The maximum absolute atomic E-state index is 10.8. The molecule has 72 valence electrons. The lowest BCUT2D eigenvalue weighted by Gasteiger charge is -2.02. The number of halogens is 1. The second-order valence-corrected chi connectivity index (χ2v) is 3.51. The molecular weight excluding hydrogens is 198 g/mol. The van der Waals surface area contributed by atoms with Crippen LogP contribution in [-0.4, -0.2) is 10.9 Å². The summed E-state index contributed by atoms with van der Waals surface area (Å²) in [6.07, 6.45) is 0.861. The average Bonchev–Trinajstić information content (AvgIpc) is 2.57. The predicted octanol–water partition coefficient (Wildman–Crippen LogP) is 3.13. The molecule has 0 atom stereocenters. The number of aromatic nitrogens is 1. The minimum atomic E-state index is 0.676. The molecule has 0 saturated carbocycles. The second-order valence-electron chi connectivity index (χ2n) is 3.10. The molecule has 3 heteroatoms. The average molecular weight is 208 g/mol. The van der Waals surface area contributed by atoms with Crippen LogP contribution in [-0.2, 0) is 6.54 Å². The SMILES string of the molecule is CCn1c(C=O)cc2c(Cl)cccc21. The summed E-state index contributed by atoms with van der Waals surface area (Å²) in [5.74, 6) is 0. The van der Waals surface area contributed by atoms with Crippen molar-refractivity contribution in [2.75, 3.05) is 0 Å². The Morgan fingerprint density at radius 1 is 1.50 bits per heavy atom. The first-order valence-electron chi connectivity index (χ1n) is 4.51. The Morgan fingerprint density at radius 2 is 2.29 bits per heavy atom. The number of hydrogen-bond acceptors (Lipinski definition) is 1. The smallest absolute Gasteiger partial charge is 0.166 e. The third-order valence-electron chi connectivity index (χ3n) is 2.36. The number of carbonyl (C=O) groups excluding carboxylic acids is 1. The molecule has 0 aliphatic rings. The maximum atomic E-state index is 10.8. The lowest BCUT2D eigenvalue weighted by Crippen LogP contribution is -1.98. The molecule has 0 aliphatic carbocycles. The van der Waals surface area contributed by atoms with Gasteiger partial charge in [0.1, 0.15) is 0 Å². The molecule has 0 unspecified atom stereocenters. The lowest BCUT2D eigenvalue weighted by atomic mass is 10.2. The van der Waals surface area contributed by atoms with Crippen molar-refractivity contribution in [2.24, 2.45) is 0 Å². The third kappa shape index (κ3) is 1.23. The summed E-state index contributed by atoms with van der Waals surface area (Å²) in [4.78, 5) is 10.8. The molecule has 0 fully saturated rings. The van der Waals surface area contributed by atoms with Crippen molar-refractivity contribution in [3.05, 3.63) is 35.0 Å². The van der Waals surface area contributed by atoms with Gasteiger partial charge in [-0.2, -0.15) is 0 Å². The van der Waals surface area contributed by atoms with E-state index in [1.54, 1.807) is 0 Å². The van der Waals surface area contributed by atoms with Gasteiger partial charge in [-0.15, -0.1) is 0 Å². The van der Waals surface area contributed by atoms with Gasteiger partial charge in [0, 0.05) is 17.0 Å². The highest BCUT2D eigenvalue weighted by Crippen LogP contribution is 2.26. The van der Waals surface area contributed by atoms with Gasteiger partial charge in [0.05, 0.1) is 11.2 Å². The molecule has 0 N–H and O–H groups in total. The Hall–Kier alpha value is -1.28. The summed E-state index contributed by atoms with van der Waals surface area (Å²) in [5, 5.41) is 1.64. The molecule has 0 amide bonds. The van der Waals surface area contributed by atoms with Crippen LogP contribution in [0.2, 0.25) is 5.02 Å². The molecule has 0 saturated heterocycles. The number of carbonyl (C=O) groups is 1. The molecule has 1 aromatic carbocycles. The summed E-state index contributed by atoms with van der Waals surface area (Å²) in [6.45, 7) is 2.78. The van der Waals surface area contributed by atoms with Crippen LogP contribution in [0.15, 0.2) is 24.3 Å². The van der Waals surface area contributed by atoms with E-state index in [4.69, 9.17) is 11.6 Å². The zero-order valence-corrected chi connectivity index (χ0v) is 8.58. The molecule has 0 radical (unpaired) electrons. The lowest BCUT2D eigenvalue weighted by molar-refractivity contribution is 0.111. The molecule has 2 nitrogen and oxygen atoms in total. The molecule has 14 heavy (non-hydrogen) atoms. The summed E-state index contributed by atoms with van der Waals surface area (Å²) >= 11 is 6.03. The predicted molar refractivity (Wildman–Crippen MR) is 58.0 cm³/mol. The van der Waals surface area contributed by atoms with Crippen molar-refractivity contribution >= 4 is 28.8 Å². The van der Waals surface area contributed by atoms with Crippen molar-refractivity contribution in [3.8, 4) is 0 Å². The van der Waals surface area contributed by atoms with Gasteiger partial charge in [-0.1, -0.05) is 17.7 Å². The molecule has 1 aromatic heterocycles. The fourth-order valence-corrected chi connectivity index (χ4v) is 1.94. The summed E-state index contributed by atoms with van der Waals surface area (Å²) in [5.41, 5.74) is 1.69. The quantitative estimate of drug-likeness (QED) is 0.694. The van der Waals surface area contributed by atoms with Crippen LogP contribution in [0, 0.1) is 0 Å². The van der Waals surface area contributed by atoms with E-state index in [1.165, 1.54) is 0 Å². The monoisotopic (exact) mass is 207 g/mol. The zero-order valence-electron chi connectivity index (χ0n) is 7.83. The summed E-state index contributed by atoms with van der Waals surface area (Å²) in [7, 11) is 0. The molecule has 2 rings (SSSR count). The highest BCUT2D eigenvalue weighted by atomic mass is 35.5. The van der Waals surface area contributed by atoms with Gasteiger partial charge in [-0.25, -0.2) is 0 Å². The Morgan fingerprint density at radius 3 is 2.93 bits per heavy atom. The Balaban J connectivity index is 2.86. The van der Waals surface area contributed by atoms with Crippen molar-refractivity contribution in [1.29, 1.82) is 0 Å². The van der Waals surface area contributed by atoms with Crippen LogP contribution < -0.4 is 0 Å². The van der Waals surface area contributed by atoms with Crippen molar-refractivity contribution in [3.63, 3.8) is 0 Å². The molecular formula is C11H10ClNO. The van der Waals surface area contributed by atoms with Gasteiger partial charge in [0.25, 0.3) is 0 Å². The van der Waals surface area contributed by atoms with E-state index in [-0.39, 0.29) is 0 Å². The van der Waals surface area contributed by atoms with Gasteiger partial charge in [0.2, 0.25) is 0 Å². The van der Waals surface area contributed by atoms with E-state index in [1.807, 2.05) is 35.8 Å². The molecule has 2 aromatic rings. The second kappa shape index (κ2) is 3.46. The topological polar surface area (TPSA) is 22.0 Å². The summed E-state index contributed by atoms with van der Waals surface area (Å²) < 4.78 is 1.95. The highest BCUT2D eigenvalue weighted by molar-refractivity contribution is 6.35. The number of rotatable bonds is 2. The Kier molecular flexibility index (Phi) is 2.30. The van der Waals surface area contributed by atoms with Crippen LogP contribution in [0.1, 0.15) is 17.4 Å². The molecule has 1 heterocycles. The van der Waals surface area contributed by atoms with E-state index in [0.29, 0.717) is 10.7 Å². The minimum absolute atomic E-state index is 0.676. The van der Waals surface area contributed by atoms with Crippen molar-refractivity contribution in [1.82, 2.24) is 4.57 Å². The fourth-order valence-electron chi connectivity index (χ4n) is 1.72. The van der Waals surface area contributed by atoms with Crippen LogP contribution >= 0.6 is 11.6 Å². The van der Waals surface area contributed by atoms with E-state index in [2.05, 4.69) is 0 Å². The fraction of sp³-hybridized carbons (Fsp3) is 0.182. The van der Waals surface area contributed by atoms with Gasteiger partial charge < -0.3 is 4.57 Å². The van der Waals surface area contributed by atoms with Gasteiger partial charge >= 0.3 is 0 Å². The third-order valence-corrected chi connectivity index (χ3v) is 2.69. The molecule has 0 aliphatic heterocycles. The largest absolute Gasteiger partial charge is 0.339 e. The van der Waals surface area contributed by atoms with Crippen LogP contribution in [0.4, 0.5) is 0 Å². The van der Waals surface area contributed by atoms with E-state index < -0.39 is 0 Å². The first-order valence-corrected chi connectivity index (χ1v) is 4.88. The minimum Gasteiger partial charge on any atom is -0.339 e. The van der Waals surface area contributed by atoms with E-state index in [9.17, 15) is 4.79 Å². The van der Waals surface area contributed by atoms with Gasteiger partial charge in [0.15, 0.2) is 6.29 Å².